The first-order valence-corrected chi connectivity index (χ1v) is 11.3. The molecule has 176 valence electrons. The van der Waals surface area contributed by atoms with Crippen LogP contribution in [0, 0.1) is 29.9 Å². The number of hydrogen-bond acceptors (Lipinski definition) is 9. The van der Waals surface area contributed by atoms with Gasteiger partial charge < -0.3 is 10.2 Å². The van der Waals surface area contributed by atoms with Crippen LogP contribution in [0.1, 0.15) is 36.5 Å². The summed E-state index contributed by atoms with van der Waals surface area (Å²) in [5, 5.41) is 18.7. The van der Waals surface area contributed by atoms with Crippen molar-refractivity contribution in [2.45, 2.75) is 33.6 Å². The van der Waals surface area contributed by atoms with Crippen LogP contribution in [0.25, 0.3) is 0 Å². The van der Waals surface area contributed by atoms with E-state index in [4.69, 9.17) is 0 Å². The summed E-state index contributed by atoms with van der Waals surface area (Å²) in [5.41, 5.74) is 6.37. The number of nitrogens with zero attached hydrogens (tertiary/aromatic N) is 6. The van der Waals surface area contributed by atoms with Crippen LogP contribution in [-0.4, -0.2) is 39.2 Å². The summed E-state index contributed by atoms with van der Waals surface area (Å²) in [4.78, 5) is 26.7. The molecule has 34 heavy (non-hydrogen) atoms. The summed E-state index contributed by atoms with van der Waals surface area (Å²) in [7, 11) is 0. The number of piperidine rings is 1. The Hall–Kier alpha value is -4.08. The standard InChI is InChI=1S/C24H28N8O2/c1-16-11-13-31(14-12-16)24-28-22(26-20-9-6-7-17(2)18(20)3)27-23(29-24)30-25-15-19-8-4-5-10-21(19)32(33)34/h4-10,15-16H,11-14H2,1-3H3,(H2,26,27,28,29,30)/b25-15-. The number of hydrogen-bond donors (Lipinski definition) is 2. The van der Waals surface area contributed by atoms with Crippen molar-refractivity contribution >= 4 is 35.4 Å². The van der Waals surface area contributed by atoms with Gasteiger partial charge in [0.2, 0.25) is 17.8 Å². The molecule has 0 unspecified atom stereocenters. The minimum Gasteiger partial charge on any atom is -0.341 e. The molecule has 1 aromatic heterocycles. The molecular formula is C24H28N8O2. The largest absolute Gasteiger partial charge is 0.341 e. The van der Waals surface area contributed by atoms with Crippen LogP contribution in [0.3, 0.4) is 0 Å². The number of hydrazone groups is 1. The van der Waals surface area contributed by atoms with Gasteiger partial charge in [-0.15, -0.1) is 0 Å². The zero-order valence-electron chi connectivity index (χ0n) is 19.5. The van der Waals surface area contributed by atoms with Crippen LogP contribution in [0.4, 0.5) is 29.2 Å². The lowest BCUT2D eigenvalue weighted by molar-refractivity contribution is -0.385. The number of aryl methyl sites for hydroxylation is 1. The molecule has 2 heterocycles. The average Bonchev–Trinajstić information content (AvgIpc) is 2.82. The van der Waals surface area contributed by atoms with Crippen molar-refractivity contribution in [3.63, 3.8) is 0 Å². The molecular weight excluding hydrogens is 432 g/mol. The normalized spacial score (nSPS) is 14.4. The van der Waals surface area contributed by atoms with Gasteiger partial charge in [0.1, 0.15) is 0 Å². The van der Waals surface area contributed by atoms with E-state index in [1.165, 1.54) is 12.3 Å². The molecule has 0 atom stereocenters. The second kappa shape index (κ2) is 10.2. The molecule has 0 bridgehead atoms. The molecule has 0 saturated carbocycles. The maximum Gasteiger partial charge on any atom is 0.278 e. The maximum absolute atomic E-state index is 11.2. The van der Waals surface area contributed by atoms with E-state index in [0.717, 1.165) is 42.7 Å². The Labute approximate surface area is 198 Å². The van der Waals surface area contributed by atoms with Crippen molar-refractivity contribution in [2.75, 3.05) is 28.7 Å². The highest BCUT2D eigenvalue weighted by molar-refractivity contribution is 5.85. The minimum atomic E-state index is -0.439. The highest BCUT2D eigenvalue weighted by Gasteiger charge is 2.20. The lowest BCUT2D eigenvalue weighted by Gasteiger charge is -2.30. The van der Waals surface area contributed by atoms with Gasteiger partial charge >= 0.3 is 0 Å². The second-order valence-corrected chi connectivity index (χ2v) is 8.51. The zero-order valence-corrected chi connectivity index (χ0v) is 19.5. The van der Waals surface area contributed by atoms with E-state index in [1.807, 2.05) is 19.1 Å². The molecule has 2 aromatic carbocycles. The minimum absolute atomic E-state index is 0.0240. The number of nitro groups is 1. The molecule has 2 N–H and O–H groups in total. The first kappa shape index (κ1) is 23.1. The summed E-state index contributed by atoms with van der Waals surface area (Å²) in [5.74, 6) is 1.90. The fraction of sp³-hybridized carbons (Fsp3) is 0.333. The van der Waals surface area contributed by atoms with Crippen molar-refractivity contribution in [2.24, 2.45) is 11.0 Å². The third-order valence-electron chi connectivity index (χ3n) is 6.04. The first-order valence-electron chi connectivity index (χ1n) is 11.3. The summed E-state index contributed by atoms with van der Waals surface area (Å²) in [6.07, 6.45) is 3.54. The van der Waals surface area contributed by atoms with Crippen molar-refractivity contribution in [3.8, 4) is 0 Å². The van der Waals surface area contributed by atoms with Crippen LogP contribution < -0.4 is 15.6 Å². The molecule has 0 radical (unpaired) electrons. The Bertz CT molecular complexity index is 1210. The number of benzene rings is 2. The number of aromatic nitrogens is 3. The van der Waals surface area contributed by atoms with Crippen molar-refractivity contribution in [3.05, 3.63) is 69.3 Å². The Morgan fingerprint density at radius 3 is 2.56 bits per heavy atom. The summed E-state index contributed by atoms with van der Waals surface area (Å²) in [6.45, 7) is 8.09. The number of nitro benzene ring substituents is 1. The van der Waals surface area contributed by atoms with Crippen molar-refractivity contribution < 1.29 is 4.92 Å². The van der Waals surface area contributed by atoms with Gasteiger partial charge in [0.25, 0.3) is 5.69 Å². The molecule has 1 aliphatic heterocycles. The van der Waals surface area contributed by atoms with Crippen molar-refractivity contribution in [1.82, 2.24) is 15.0 Å². The maximum atomic E-state index is 11.2. The fourth-order valence-electron chi connectivity index (χ4n) is 3.75. The quantitative estimate of drug-likeness (QED) is 0.292. The first-order chi connectivity index (χ1) is 16.4. The van der Waals surface area contributed by atoms with E-state index in [1.54, 1.807) is 18.2 Å². The van der Waals surface area contributed by atoms with Crippen LogP contribution in [-0.2, 0) is 0 Å². The van der Waals surface area contributed by atoms with E-state index >= 15 is 0 Å². The summed E-state index contributed by atoms with van der Waals surface area (Å²) in [6, 6.07) is 12.4. The van der Waals surface area contributed by atoms with E-state index < -0.39 is 4.92 Å². The molecule has 1 aliphatic rings. The van der Waals surface area contributed by atoms with Gasteiger partial charge in [-0.25, -0.2) is 5.43 Å². The van der Waals surface area contributed by atoms with Gasteiger partial charge in [0.05, 0.1) is 16.7 Å². The van der Waals surface area contributed by atoms with Gasteiger partial charge in [-0.1, -0.05) is 31.2 Å². The zero-order chi connectivity index (χ0) is 24.1. The molecule has 3 aromatic rings. The Morgan fingerprint density at radius 2 is 1.79 bits per heavy atom. The van der Waals surface area contributed by atoms with Gasteiger partial charge in [-0.2, -0.15) is 20.1 Å². The topological polar surface area (TPSA) is 121 Å². The van der Waals surface area contributed by atoms with E-state index in [0.29, 0.717) is 23.4 Å². The third-order valence-corrected chi connectivity index (χ3v) is 6.04. The molecule has 0 aliphatic carbocycles. The number of para-hydroxylation sites is 1. The highest BCUT2D eigenvalue weighted by atomic mass is 16.6. The third kappa shape index (κ3) is 5.45. The fourth-order valence-corrected chi connectivity index (χ4v) is 3.75. The van der Waals surface area contributed by atoms with E-state index in [2.05, 4.69) is 55.6 Å². The summed E-state index contributed by atoms with van der Waals surface area (Å²) < 4.78 is 0. The van der Waals surface area contributed by atoms with Gasteiger partial charge in [0, 0.05) is 24.8 Å². The smallest absolute Gasteiger partial charge is 0.278 e. The summed E-state index contributed by atoms with van der Waals surface area (Å²) >= 11 is 0. The molecule has 1 fully saturated rings. The van der Waals surface area contributed by atoms with Gasteiger partial charge in [0.15, 0.2) is 0 Å². The van der Waals surface area contributed by atoms with Crippen LogP contribution in [0.15, 0.2) is 47.6 Å². The molecule has 1 saturated heterocycles. The SMILES string of the molecule is Cc1cccc(Nc2nc(N/N=C\c3ccccc3[N+](=O)[O-])nc(N3CCC(C)CC3)n2)c1C. The molecule has 0 amide bonds. The number of nitrogens with one attached hydrogen (secondary N) is 2. The second-order valence-electron chi connectivity index (χ2n) is 8.51. The lowest BCUT2D eigenvalue weighted by Crippen LogP contribution is -2.34. The number of anilines is 4. The molecule has 0 spiro atoms. The van der Waals surface area contributed by atoms with Crippen LogP contribution in [0.5, 0.6) is 0 Å². The Kier molecular flexibility index (Phi) is 6.95. The predicted octanol–water partition coefficient (Wildman–Crippen LogP) is 4.82. The van der Waals surface area contributed by atoms with Crippen LogP contribution in [0.2, 0.25) is 0 Å². The Morgan fingerprint density at radius 1 is 1.06 bits per heavy atom. The van der Waals surface area contributed by atoms with Gasteiger partial charge in [-0.3, -0.25) is 10.1 Å². The van der Waals surface area contributed by atoms with Crippen molar-refractivity contribution in [1.29, 1.82) is 0 Å². The highest BCUT2D eigenvalue weighted by Crippen LogP contribution is 2.25. The lowest BCUT2D eigenvalue weighted by atomic mass is 10.00. The number of rotatable bonds is 7. The van der Waals surface area contributed by atoms with Crippen LogP contribution >= 0.6 is 0 Å². The molecule has 4 rings (SSSR count). The van der Waals surface area contributed by atoms with E-state index in [9.17, 15) is 10.1 Å². The Balaban J connectivity index is 1.62. The monoisotopic (exact) mass is 460 g/mol. The average molecular weight is 461 g/mol. The van der Waals surface area contributed by atoms with E-state index in [-0.39, 0.29) is 11.6 Å². The predicted molar refractivity (Wildman–Crippen MR) is 134 cm³/mol. The molecule has 10 nitrogen and oxygen atoms in total. The van der Waals surface area contributed by atoms with Gasteiger partial charge in [-0.05, 0) is 55.9 Å². The molecule has 10 heteroatoms.